The molecule has 0 radical (unpaired) electrons. The molecule has 0 fully saturated rings. The first-order chi connectivity index (χ1) is 16.4. The number of nitrogens with zero attached hydrogens (tertiary/aromatic N) is 5. The molecule has 174 valence electrons. The SMILES string of the molecule is Cc1cccc(-c2nn3c(c2-c2ccc(=O)n(-c4ccccc4C)n2)NCC(CN(C)C)C3)c1. The number of aromatic nitrogens is 4. The summed E-state index contributed by atoms with van der Waals surface area (Å²) in [6, 6.07) is 19.6. The number of anilines is 1. The summed E-state index contributed by atoms with van der Waals surface area (Å²) in [7, 11) is 4.20. The maximum Gasteiger partial charge on any atom is 0.271 e. The van der Waals surface area contributed by atoms with Crippen LogP contribution in [0.4, 0.5) is 5.82 Å². The molecule has 2 aromatic heterocycles. The Labute approximate surface area is 199 Å². The summed E-state index contributed by atoms with van der Waals surface area (Å²) in [5.74, 6) is 1.41. The number of benzene rings is 2. The first-order valence-electron chi connectivity index (χ1n) is 11.6. The highest BCUT2D eigenvalue weighted by Crippen LogP contribution is 2.38. The molecule has 0 aliphatic carbocycles. The summed E-state index contributed by atoms with van der Waals surface area (Å²) < 4.78 is 3.56. The topological polar surface area (TPSA) is 68.0 Å². The van der Waals surface area contributed by atoms with Gasteiger partial charge in [0.15, 0.2) is 0 Å². The first-order valence-corrected chi connectivity index (χ1v) is 11.6. The van der Waals surface area contributed by atoms with Crippen LogP contribution in [0.2, 0.25) is 0 Å². The Balaban J connectivity index is 1.68. The average Bonchev–Trinajstić information content (AvgIpc) is 3.18. The normalized spacial score (nSPS) is 15.3. The zero-order chi connectivity index (χ0) is 23.8. The second kappa shape index (κ2) is 8.91. The van der Waals surface area contributed by atoms with E-state index in [1.807, 2.05) is 37.3 Å². The van der Waals surface area contributed by atoms with Gasteiger partial charge in [-0.3, -0.25) is 4.79 Å². The number of hydrogen-bond acceptors (Lipinski definition) is 5. The highest BCUT2D eigenvalue weighted by Gasteiger charge is 2.28. The first kappa shape index (κ1) is 22.1. The third-order valence-corrected chi connectivity index (χ3v) is 6.26. The summed E-state index contributed by atoms with van der Waals surface area (Å²) >= 11 is 0. The van der Waals surface area contributed by atoms with E-state index in [0.29, 0.717) is 5.92 Å². The fourth-order valence-electron chi connectivity index (χ4n) is 4.72. The van der Waals surface area contributed by atoms with Gasteiger partial charge in [-0.2, -0.15) is 14.9 Å². The number of hydrogen-bond donors (Lipinski definition) is 1. The molecule has 0 bridgehead atoms. The molecule has 5 rings (SSSR count). The van der Waals surface area contributed by atoms with E-state index in [0.717, 1.165) is 59.2 Å². The van der Waals surface area contributed by atoms with Crippen molar-refractivity contribution in [2.45, 2.75) is 20.4 Å². The van der Waals surface area contributed by atoms with Gasteiger partial charge in [-0.1, -0.05) is 42.0 Å². The third kappa shape index (κ3) is 4.15. The van der Waals surface area contributed by atoms with E-state index in [2.05, 4.69) is 60.2 Å². The molecule has 1 aliphatic heterocycles. The number of rotatable bonds is 5. The van der Waals surface area contributed by atoms with E-state index in [-0.39, 0.29) is 5.56 Å². The molecular formula is C27H30N6O. The summed E-state index contributed by atoms with van der Waals surface area (Å²) in [6.45, 7) is 6.75. The van der Waals surface area contributed by atoms with Gasteiger partial charge < -0.3 is 10.2 Å². The fraction of sp³-hybridized carbons (Fsp3) is 0.296. The molecule has 3 heterocycles. The minimum Gasteiger partial charge on any atom is -0.369 e. The van der Waals surface area contributed by atoms with Crippen LogP contribution in [0.5, 0.6) is 0 Å². The van der Waals surface area contributed by atoms with Gasteiger partial charge in [0.2, 0.25) is 0 Å². The lowest BCUT2D eigenvalue weighted by molar-refractivity contribution is 0.293. The zero-order valence-corrected chi connectivity index (χ0v) is 20.1. The summed E-state index contributed by atoms with van der Waals surface area (Å²) in [4.78, 5) is 15.0. The second-order valence-electron chi connectivity index (χ2n) is 9.39. The molecule has 1 atom stereocenters. The quantitative estimate of drug-likeness (QED) is 0.494. The summed E-state index contributed by atoms with van der Waals surface area (Å²) in [5.41, 5.74) is 6.36. The van der Waals surface area contributed by atoms with Crippen molar-refractivity contribution in [2.75, 3.05) is 32.5 Å². The van der Waals surface area contributed by atoms with Crippen molar-refractivity contribution in [1.82, 2.24) is 24.5 Å². The smallest absolute Gasteiger partial charge is 0.271 e. The Bertz CT molecular complexity index is 1400. The predicted octanol–water partition coefficient (Wildman–Crippen LogP) is 3.98. The van der Waals surface area contributed by atoms with Crippen molar-refractivity contribution in [3.63, 3.8) is 0 Å². The minimum absolute atomic E-state index is 0.157. The summed E-state index contributed by atoms with van der Waals surface area (Å²) in [6.07, 6.45) is 0. The molecule has 0 saturated heterocycles. The van der Waals surface area contributed by atoms with Gasteiger partial charge in [-0.15, -0.1) is 0 Å². The van der Waals surface area contributed by atoms with Crippen molar-refractivity contribution in [3.05, 3.63) is 82.1 Å². The molecule has 0 saturated carbocycles. The molecule has 1 N–H and O–H groups in total. The van der Waals surface area contributed by atoms with Crippen LogP contribution in [-0.4, -0.2) is 51.6 Å². The molecule has 7 heteroatoms. The van der Waals surface area contributed by atoms with Crippen LogP contribution in [0.1, 0.15) is 11.1 Å². The van der Waals surface area contributed by atoms with Gasteiger partial charge in [-0.25, -0.2) is 4.68 Å². The molecule has 34 heavy (non-hydrogen) atoms. The number of nitrogens with one attached hydrogen (secondary N) is 1. The van der Waals surface area contributed by atoms with Gasteiger partial charge in [0.25, 0.3) is 5.56 Å². The van der Waals surface area contributed by atoms with Gasteiger partial charge in [-0.05, 0) is 51.7 Å². The zero-order valence-electron chi connectivity index (χ0n) is 20.1. The Hall–Kier alpha value is -3.71. The molecular weight excluding hydrogens is 424 g/mol. The Morgan fingerprint density at radius 2 is 1.85 bits per heavy atom. The minimum atomic E-state index is -0.157. The van der Waals surface area contributed by atoms with Crippen LogP contribution in [-0.2, 0) is 6.54 Å². The van der Waals surface area contributed by atoms with Crippen LogP contribution in [0.15, 0.2) is 65.5 Å². The Morgan fingerprint density at radius 1 is 1.03 bits per heavy atom. The van der Waals surface area contributed by atoms with Crippen molar-refractivity contribution < 1.29 is 0 Å². The molecule has 4 aromatic rings. The summed E-state index contributed by atoms with van der Waals surface area (Å²) in [5, 5.41) is 13.5. The van der Waals surface area contributed by atoms with Gasteiger partial charge in [0, 0.05) is 37.2 Å². The largest absolute Gasteiger partial charge is 0.369 e. The standard InChI is InChI=1S/C27H30N6O/c1-18-8-7-10-21(14-18)26-25(27-28-15-20(16-31(3)4)17-32(27)30-26)22-12-13-24(34)33(29-22)23-11-6-5-9-19(23)2/h5-14,20,28H,15-17H2,1-4H3. The molecule has 0 amide bonds. The maximum atomic E-state index is 12.8. The maximum absolute atomic E-state index is 12.8. The molecule has 7 nitrogen and oxygen atoms in total. The average molecular weight is 455 g/mol. The number of fused-ring (bicyclic) bond motifs is 1. The lowest BCUT2D eigenvalue weighted by Gasteiger charge is -2.27. The number of aryl methyl sites for hydroxylation is 2. The van der Waals surface area contributed by atoms with Crippen molar-refractivity contribution in [2.24, 2.45) is 5.92 Å². The van der Waals surface area contributed by atoms with Crippen LogP contribution >= 0.6 is 0 Å². The molecule has 0 spiro atoms. The van der Waals surface area contributed by atoms with Gasteiger partial charge in [0.1, 0.15) is 11.5 Å². The Morgan fingerprint density at radius 3 is 2.62 bits per heavy atom. The lowest BCUT2D eigenvalue weighted by atomic mass is 10.0. The monoisotopic (exact) mass is 454 g/mol. The van der Waals surface area contributed by atoms with Crippen molar-refractivity contribution >= 4 is 5.82 Å². The third-order valence-electron chi connectivity index (χ3n) is 6.26. The van der Waals surface area contributed by atoms with E-state index in [1.165, 1.54) is 10.2 Å². The van der Waals surface area contributed by atoms with E-state index < -0.39 is 0 Å². The fourth-order valence-corrected chi connectivity index (χ4v) is 4.72. The second-order valence-corrected chi connectivity index (χ2v) is 9.39. The van der Waals surface area contributed by atoms with Crippen LogP contribution < -0.4 is 10.9 Å². The highest BCUT2D eigenvalue weighted by atomic mass is 16.1. The molecule has 1 unspecified atom stereocenters. The Kier molecular flexibility index (Phi) is 5.79. The predicted molar refractivity (Wildman–Crippen MR) is 136 cm³/mol. The van der Waals surface area contributed by atoms with Crippen molar-refractivity contribution in [1.29, 1.82) is 0 Å². The van der Waals surface area contributed by atoms with Gasteiger partial charge >= 0.3 is 0 Å². The van der Waals surface area contributed by atoms with Crippen LogP contribution in [0.3, 0.4) is 0 Å². The van der Waals surface area contributed by atoms with Crippen LogP contribution in [0.25, 0.3) is 28.2 Å². The van der Waals surface area contributed by atoms with Crippen molar-refractivity contribution in [3.8, 4) is 28.2 Å². The van der Waals surface area contributed by atoms with E-state index in [1.54, 1.807) is 6.07 Å². The van der Waals surface area contributed by atoms with E-state index >= 15 is 0 Å². The number of para-hydroxylation sites is 1. The molecule has 2 aromatic carbocycles. The lowest BCUT2D eigenvalue weighted by Crippen LogP contribution is -2.35. The van der Waals surface area contributed by atoms with E-state index in [4.69, 9.17) is 10.2 Å². The highest BCUT2D eigenvalue weighted by molar-refractivity contribution is 5.87. The van der Waals surface area contributed by atoms with E-state index in [9.17, 15) is 4.79 Å². The molecule has 1 aliphatic rings. The van der Waals surface area contributed by atoms with Gasteiger partial charge in [0.05, 0.1) is 16.9 Å². The van der Waals surface area contributed by atoms with Crippen LogP contribution in [0, 0.1) is 19.8 Å².